The lowest BCUT2D eigenvalue weighted by atomic mass is 10.2. The van der Waals surface area contributed by atoms with Gasteiger partial charge in [-0.1, -0.05) is 18.2 Å². The Balaban J connectivity index is 1.42. The summed E-state index contributed by atoms with van der Waals surface area (Å²) in [5, 5.41) is 11.5. The second-order valence-electron chi connectivity index (χ2n) is 5.36. The van der Waals surface area contributed by atoms with E-state index >= 15 is 0 Å². The highest BCUT2D eigenvalue weighted by Crippen LogP contribution is 2.09. The van der Waals surface area contributed by atoms with Crippen LogP contribution in [0.1, 0.15) is 17.5 Å². The summed E-state index contributed by atoms with van der Waals surface area (Å²) in [7, 11) is 0. The fourth-order valence-corrected chi connectivity index (χ4v) is 3.04. The standard InChI is InChI=1S/C18H19N3OS/c22-18(7-6-15-9-11-23-14-15)19-10-8-16-12-20-21(13-16)17-4-2-1-3-5-17/h1-5,9,11-14H,6-8,10H2,(H,19,22). The SMILES string of the molecule is O=C(CCc1ccsc1)NCCc1cnn(-c2ccccc2)c1. The van der Waals surface area contributed by atoms with Gasteiger partial charge < -0.3 is 5.32 Å². The number of carbonyl (C=O) groups is 1. The highest BCUT2D eigenvalue weighted by Gasteiger charge is 2.04. The van der Waals surface area contributed by atoms with Crippen LogP contribution in [0.25, 0.3) is 5.69 Å². The van der Waals surface area contributed by atoms with Crippen molar-refractivity contribution in [3.63, 3.8) is 0 Å². The molecule has 0 saturated heterocycles. The predicted octanol–water partition coefficient (Wildman–Crippen LogP) is 3.23. The maximum Gasteiger partial charge on any atom is 0.220 e. The van der Waals surface area contributed by atoms with Crippen LogP contribution in [0.5, 0.6) is 0 Å². The zero-order valence-electron chi connectivity index (χ0n) is 12.8. The lowest BCUT2D eigenvalue weighted by molar-refractivity contribution is -0.121. The van der Waals surface area contributed by atoms with Gasteiger partial charge >= 0.3 is 0 Å². The minimum Gasteiger partial charge on any atom is -0.356 e. The number of nitrogens with zero attached hydrogens (tertiary/aromatic N) is 2. The number of amides is 1. The monoisotopic (exact) mass is 325 g/mol. The van der Waals surface area contributed by atoms with E-state index in [2.05, 4.69) is 21.9 Å². The highest BCUT2D eigenvalue weighted by molar-refractivity contribution is 7.07. The number of nitrogens with one attached hydrogen (secondary N) is 1. The van der Waals surface area contributed by atoms with Crippen molar-refractivity contribution in [1.29, 1.82) is 0 Å². The summed E-state index contributed by atoms with van der Waals surface area (Å²) in [6.07, 6.45) is 6.00. The Hall–Kier alpha value is -2.40. The zero-order chi connectivity index (χ0) is 15.9. The van der Waals surface area contributed by atoms with Gasteiger partial charge in [0.1, 0.15) is 0 Å². The predicted molar refractivity (Wildman–Crippen MR) is 92.9 cm³/mol. The summed E-state index contributed by atoms with van der Waals surface area (Å²) in [5.74, 6) is 0.103. The van der Waals surface area contributed by atoms with Crippen molar-refractivity contribution in [2.24, 2.45) is 0 Å². The first-order valence-corrected chi connectivity index (χ1v) is 8.62. The van der Waals surface area contributed by atoms with E-state index in [1.165, 1.54) is 5.56 Å². The van der Waals surface area contributed by atoms with Crippen LogP contribution >= 0.6 is 11.3 Å². The van der Waals surface area contributed by atoms with Crippen molar-refractivity contribution in [3.05, 3.63) is 70.7 Å². The molecule has 1 amide bonds. The van der Waals surface area contributed by atoms with E-state index in [4.69, 9.17) is 0 Å². The molecule has 23 heavy (non-hydrogen) atoms. The van der Waals surface area contributed by atoms with E-state index in [9.17, 15) is 4.79 Å². The Morgan fingerprint density at radius 2 is 2.00 bits per heavy atom. The van der Waals surface area contributed by atoms with Crippen LogP contribution in [0, 0.1) is 0 Å². The molecule has 0 aliphatic carbocycles. The number of para-hydroxylation sites is 1. The summed E-state index contributed by atoms with van der Waals surface area (Å²) < 4.78 is 1.85. The molecule has 1 aromatic carbocycles. The number of thiophene rings is 1. The van der Waals surface area contributed by atoms with Gasteiger partial charge in [0, 0.05) is 19.2 Å². The van der Waals surface area contributed by atoms with E-state index in [1.54, 1.807) is 11.3 Å². The lowest BCUT2D eigenvalue weighted by Crippen LogP contribution is -2.25. The van der Waals surface area contributed by atoms with Gasteiger partial charge in [0.25, 0.3) is 0 Å². The first kappa shape index (κ1) is 15.5. The van der Waals surface area contributed by atoms with Gasteiger partial charge in [-0.15, -0.1) is 0 Å². The van der Waals surface area contributed by atoms with E-state index in [-0.39, 0.29) is 5.91 Å². The molecule has 0 aliphatic heterocycles. The summed E-state index contributed by atoms with van der Waals surface area (Å²) in [4.78, 5) is 11.8. The van der Waals surface area contributed by atoms with Crippen LogP contribution in [-0.2, 0) is 17.6 Å². The molecule has 1 N–H and O–H groups in total. The minimum absolute atomic E-state index is 0.103. The molecule has 0 fully saturated rings. The van der Waals surface area contributed by atoms with Crippen molar-refractivity contribution in [1.82, 2.24) is 15.1 Å². The molecule has 0 unspecified atom stereocenters. The Morgan fingerprint density at radius 1 is 1.13 bits per heavy atom. The van der Waals surface area contributed by atoms with Crippen molar-refractivity contribution in [2.45, 2.75) is 19.3 Å². The fraction of sp³-hybridized carbons (Fsp3) is 0.222. The molecular weight excluding hydrogens is 306 g/mol. The number of hydrogen-bond donors (Lipinski definition) is 1. The number of hydrogen-bond acceptors (Lipinski definition) is 3. The third-order valence-corrected chi connectivity index (χ3v) is 4.35. The fourth-order valence-electron chi connectivity index (χ4n) is 2.34. The molecule has 3 rings (SSSR count). The summed E-state index contributed by atoms with van der Waals surface area (Å²) in [5.41, 5.74) is 3.39. The lowest BCUT2D eigenvalue weighted by Gasteiger charge is -2.03. The summed E-state index contributed by atoms with van der Waals surface area (Å²) in [6.45, 7) is 0.642. The smallest absolute Gasteiger partial charge is 0.220 e. The Labute approximate surface area is 139 Å². The molecule has 0 spiro atoms. The van der Waals surface area contributed by atoms with Gasteiger partial charge in [0.15, 0.2) is 0 Å². The van der Waals surface area contributed by atoms with Crippen LogP contribution in [0.3, 0.4) is 0 Å². The topological polar surface area (TPSA) is 46.9 Å². The average Bonchev–Trinajstić information content (AvgIpc) is 3.26. The second kappa shape index (κ2) is 7.74. The molecule has 0 radical (unpaired) electrons. The van der Waals surface area contributed by atoms with Crippen LogP contribution < -0.4 is 5.32 Å². The number of aryl methyl sites for hydroxylation is 1. The van der Waals surface area contributed by atoms with Gasteiger partial charge in [0.2, 0.25) is 5.91 Å². The van der Waals surface area contributed by atoms with Crippen molar-refractivity contribution in [2.75, 3.05) is 6.54 Å². The minimum atomic E-state index is 0.103. The van der Waals surface area contributed by atoms with Crippen molar-refractivity contribution in [3.8, 4) is 5.69 Å². The third-order valence-electron chi connectivity index (χ3n) is 3.61. The summed E-state index contributed by atoms with van der Waals surface area (Å²) in [6, 6.07) is 12.1. The summed E-state index contributed by atoms with van der Waals surface area (Å²) >= 11 is 1.67. The molecule has 4 nitrogen and oxygen atoms in total. The van der Waals surface area contributed by atoms with Gasteiger partial charge in [-0.25, -0.2) is 4.68 Å². The van der Waals surface area contributed by atoms with Gasteiger partial charge in [0.05, 0.1) is 11.9 Å². The van der Waals surface area contributed by atoms with Gasteiger partial charge in [-0.3, -0.25) is 4.79 Å². The quantitative estimate of drug-likeness (QED) is 0.725. The Bertz CT molecular complexity index is 735. The number of carbonyl (C=O) groups excluding carboxylic acids is 1. The number of rotatable bonds is 7. The van der Waals surface area contributed by atoms with Crippen LogP contribution in [0.15, 0.2) is 59.6 Å². The highest BCUT2D eigenvalue weighted by atomic mass is 32.1. The Kier molecular flexibility index (Phi) is 5.21. The van der Waals surface area contributed by atoms with Crippen LogP contribution in [0.2, 0.25) is 0 Å². The molecule has 0 atom stereocenters. The van der Waals surface area contributed by atoms with E-state index in [0.717, 1.165) is 24.1 Å². The largest absolute Gasteiger partial charge is 0.356 e. The van der Waals surface area contributed by atoms with Crippen molar-refractivity contribution >= 4 is 17.2 Å². The first-order chi connectivity index (χ1) is 11.3. The van der Waals surface area contributed by atoms with Crippen molar-refractivity contribution < 1.29 is 4.79 Å². The van der Waals surface area contributed by atoms with E-state index in [1.807, 2.05) is 52.8 Å². The third kappa shape index (κ3) is 4.53. The molecule has 2 heterocycles. The maximum absolute atomic E-state index is 11.8. The molecule has 5 heteroatoms. The Morgan fingerprint density at radius 3 is 2.78 bits per heavy atom. The maximum atomic E-state index is 11.8. The molecule has 2 aromatic heterocycles. The van der Waals surface area contributed by atoms with Gasteiger partial charge in [-0.05, 0) is 52.9 Å². The number of aromatic nitrogens is 2. The van der Waals surface area contributed by atoms with E-state index < -0.39 is 0 Å². The second-order valence-corrected chi connectivity index (χ2v) is 6.14. The molecule has 118 valence electrons. The average molecular weight is 325 g/mol. The molecule has 0 aliphatic rings. The van der Waals surface area contributed by atoms with Crippen LogP contribution in [0.4, 0.5) is 0 Å². The van der Waals surface area contributed by atoms with E-state index in [0.29, 0.717) is 13.0 Å². The molecule has 3 aromatic rings. The van der Waals surface area contributed by atoms with Gasteiger partial charge in [-0.2, -0.15) is 16.4 Å². The normalized spacial score (nSPS) is 10.6. The zero-order valence-corrected chi connectivity index (χ0v) is 13.6. The molecular formula is C18H19N3OS. The first-order valence-electron chi connectivity index (χ1n) is 7.68. The molecule has 0 saturated carbocycles. The number of benzene rings is 1. The van der Waals surface area contributed by atoms with Crippen LogP contribution in [-0.4, -0.2) is 22.2 Å². The molecule has 0 bridgehead atoms.